The largest absolute Gasteiger partial charge is 0.324 e. The summed E-state index contributed by atoms with van der Waals surface area (Å²) in [6.45, 7) is 3.40. The Morgan fingerprint density at radius 3 is 2.63 bits per heavy atom. The predicted octanol–water partition coefficient (Wildman–Crippen LogP) is 1.15. The van der Waals surface area contributed by atoms with Gasteiger partial charge in [-0.3, -0.25) is 14.6 Å². The Labute approximate surface area is 110 Å². The lowest BCUT2D eigenvalue weighted by Crippen LogP contribution is -2.33. The molecule has 0 aromatic carbocycles. The Kier molecular flexibility index (Phi) is 3.70. The molecule has 0 spiro atoms. The summed E-state index contributed by atoms with van der Waals surface area (Å²) in [7, 11) is 0. The van der Waals surface area contributed by atoms with E-state index in [2.05, 4.69) is 15.4 Å². The summed E-state index contributed by atoms with van der Waals surface area (Å²) in [6, 6.07) is 5.69. The van der Waals surface area contributed by atoms with E-state index in [-0.39, 0.29) is 11.5 Å². The number of nitrogens with one attached hydrogen (secondary N) is 1. The minimum Gasteiger partial charge on any atom is -0.324 e. The Bertz CT molecular complexity index is 637. The first-order valence-electron chi connectivity index (χ1n) is 5.85. The van der Waals surface area contributed by atoms with E-state index < -0.39 is 6.04 Å². The molecule has 98 valence electrons. The highest BCUT2D eigenvalue weighted by molar-refractivity contribution is 5.93. The number of nitrogens with zero attached hydrogens (tertiary/aromatic N) is 3. The van der Waals surface area contributed by atoms with E-state index >= 15 is 0 Å². The number of aryl methyl sites for hydroxylation is 1. The van der Waals surface area contributed by atoms with Crippen LogP contribution in [-0.4, -0.2) is 20.7 Å². The van der Waals surface area contributed by atoms with Crippen molar-refractivity contribution in [1.82, 2.24) is 14.8 Å². The van der Waals surface area contributed by atoms with E-state index in [9.17, 15) is 9.59 Å². The number of amides is 1. The summed E-state index contributed by atoms with van der Waals surface area (Å²) < 4.78 is 1.17. The average Bonchev–Trinajstić information content (AvgIpc) is 2.42. The summed E-state index contributed by atoms with van der Waals surface area (Å²) in [5.74, 6) is -0.300. The van der Waals surface area contributed by atoms with Gasteiger partial charge in [0.05, 0.1) is 5.69 Å². The molecule has 0 aliphatic heterocycles. The maximum atomic E-state index is 12.0. The number of rotatable bonds is 3. The molecule has 2 aromatic rings. The van der Waals surface area contributed by atoms with E-state index in [1.54, 1.807) is 44.4 Å². The van der Waals surface area contributed by atoms with E-state index in [0.29, 0.717) is 11.4 Å². The molecule has 0 aliphatic carbocycles. The van der Waals surface area contributed by atoms with Gasteiger partial charge in [-0.1, -0.05) is 0 Å². The highest BCUT2D eigenvalue weighted by Crippen LogP contribution is 2.08. The first-order valence-corrected chi connectivity index (χ1v) is 5.85. The van der Waals surface area contributed by atoms with Gasteiger partial charge in [-0.05, 0) is 32.0 Å². The summed E-state index contributed by atoms with van der Waals surface area (Å²) in [4.78, 5) is 27.6. The molecular formula is C13H14N4O2. The van der Waals surface area contributed by atoms with Crippen molar-refractivity contribution in [3.8, 4) is 0 Å². The molecule has 2 aromatic heterocycles. The number of carbonyl (C=O) groups is 1. The molecule has 0 aliphatic rings. The molecule has 1 N–H and O–H groups in total. The van der Waals surface area contributed by atoms with E-state index in [0.717, 1.165) is 0 Å². The van der Waals surface area contributed by atoms with Gasteiger partial charge in [0.15, 0.2) is 0 Å². The minimum atomic E-state index is -0.680. The lowest BCUT2D eigenvalue weighted by atomic mass is 10.3. The zero-order valence-electron chi connectivity index (χ0n) is 10.7. The predicted molar refractivity (Wildman–Crippen MR) is 70.8 cm³/mol. The molecule has 2 heterocycles. The third-order valence-corrected chi connectivity index (χ3v) is 2.65. The van der Waals surface area contributed by atoms with Gasteiger partial charge in [-0.15, -0.1) is 0 Å². The van der Waals surface area contributed by atoms with Crippen LogP contribution in [0.25, 0.3) is 0 Å². The highest BCUT2D eigenvalue weighted by atomic mass is 16.2. The van der Waals surface area contributed by atoms with Crippen molar-refractivity contribution in [2.24, 2.45) is 0 Å². The van der Waals surface area contributed by atoms with E-state index in [4.69, 9.17) is 0 Å². The first-order chi connectivity index (χ1) is 9.08. The molecule has 2 rings (SSSR count). The van der Waals surface area contributed by atoms with Crippen LogP contribution in [0, 0.1) is 6.92 Å². The standard InChI is InChI=1S/C13H14N4O2/c1-9-3-4-12(18)17(16-9)10(2)13(19)15-11-5-7-14-8-6-11/h3-8,10H,1-2H3,(H,14,15,19)/t10-/m0/s1. The van der Waals surface area contributed by atoms with Gasteiger partial charge >= 0.3 is 0 Å². The minimum absolute atomic E-state index is 0.300. The molecule has 19 heavy (non-hydrogen) atoms. The van der Waals surface area contributed by atoms with E-state index in [1.165, 1.54) is 10.7 Å². The summed E-state index contributed by atoms with van der Waals surface area (Å²) >= 11 is 0. The monoisotopic (exact) mass is 258 g/mol. The van der Waals surface area contributed by atoms with Gasteiger partial charge in [0, 0.05) is 24.1 Å². The molecule has 0 bridgehead atoms. The van der Waals surface area contributed by atoms with Crippen molar-refractivity contribution < 1.29 is 4.79 Å². The number of anilines is 1. The van der Waals surface area contributed by atoms with Gasteiger partial charge in [0.2, 0.25) is 5.91 Å². The van der Waals surface area contributed by atoms with Crippen LogP contribution >= 0.6 is 0 Å². The quantitative estimate of drug-likeness (QED) is 0.895. The third-order valence-electron chi connectivity index (χ3n) is 2.65. The molecule has 6 nitrogen and oxygen atoms in total. The Balaban J connectivity index is 2.20. The topological polar surface area (TPSA) is 76.9 Å². The van der Waals surface area contributed by atoms with Crippen LogP contribution in [0.3, 0.4) is 0 Å². The second-order valence-electron chi connectivity index (χ2n) is 4.16. The van der Waals surface area contributed by atoms with Crippen molar-refractivity contribution in [2.75, 3.05) is 5.32 Å². The van der Waals surface area contributed by atoms with Crippen molar-refractivity contribution >= 4 is 11.6 Å². The van der Waals surface area contributed by atoms with Crippen LogP contribution in [0.4, 0.5) is 5.69 Å². The molecule has 0 saturated carbocycles. The van der Waals surface area contributed by atoms with Gasteiger partial charge < -0.3 is 5.32 Å². The number of pyridine rings is 1. The second-order valence-corrected chi connectivity index (χ2v) is 4.16. The number of hydrogen-bond donors (Lipinski definition) is 1. The maximum Gasteiger partial charge on any atom is 0.267 e. The Morgan fingerprint density at radius 2 is 1.95 bits per heavy atom. The molecule has 1 atom stereocenters. The molecule has 0 radical (unpaired) electrons. The molecule has 0 fully saturated rings. The number of aromatic nitrogens is 3. The smallest absolute Gasteiger partial charge is 0.267 e. The molecule has 0 saturated heterocycles. The molecular weight excluding hydrogens is 244 g/mol. The fourth-order valence-corrected chi connectivity index (χ4v) is 1.59. The van der Waals surface area contributed by atoms with Crippen molar-refractivity contribution in [3.63, 3.8) is 0 Å². The van der Waals surface area contributed by atoms with Gasteiger partial charge in [0.25, 0.3) is 5.56 Å². The van der Waals surface area contributed by atoms with Crippen molar-refractivity contribution in [2.45, 2.75) is 19.9 Å². The second kappa shape index (κ2) is 5.43. The van der Waals surface area contributed by atoms with Crippen LogP contribution in [0.5, 0.6) is 0 Å². The zero-order chi connectivity index (χ0) is 13.8. The molecule has 0 unspecified atom stereocenters. The summed E-state index contributed by atoms with van der Waals surface area (Å²) in [5, 5.41) is 6.77. The van der Waals surface area contributed by atoms with Crippen LogP contribution in [0.2, 0.25) is 0 Å². The fourth-order valence-electron chi connectivity index (χ4n) is 1.59. The normalized spacial score (nSPS) is 11.9. The number of hydrogen-bond acceptors (Lipinski definition) is 4. The Morgan fingerprint density at radius 1 is 1.26 bits per heavy atom. The third kappa shape index (κ3) is 3.04. The SMILES string of the molecule is Cc1ccc(=O)n([C@@H](C)C(=O)Nc2ccncc2)n1. The van der Waals surface area contributed by atoms with Crippen molar-refractivity contribution in [1.29, 1.82) is 0 Å². The lowest BCUT2D eigenvalue weighted by molar-refractivity contribution is -0.119. The van der Waals surface area contributed by atoms with Crippen LogP contribution in [-0.2, 0) is 4.79 Å². The average molecular weight is 258 g/mol. The lowest BCUT2D eigenvalue weighted by Gasteiger charge is -2.14. The van der Waals surface area contributed by atoms with Gasteiger partial charge in [-0.2, -0.15) is 5.10 Å². The summed E-state index contributed by atoms with van der Waals surface area (Å²) in [5.41, 5.74) is 1.01. The van der Waals surface area contributed by atoms with Crippen LogP contribution in [0.1, 0.15) is 18.7 Å². The number of carbonyl (C=O) groups excluding carboxylic acids is 1. The van der Waals surface area contributed by atoms with Crippen molar-refractivity contribution in [3.05, 3.63) is 52.7 Å². The van der Waals surface area contributed by atoms with Gasteiger partial charge in [-0.25, -0.2) is 4.68 Å². The van der Waals surface area contributed by atoms with Crippen LogP contribution in [0.15, 0.2) is 41.5 Å². The highest BCUT2D eigenvalue weighted by Gasteiger charge is 2.17. The zero-order valence-corrected chi connectivity index (χ0v) is 10.7. The van der Waals surface area contributed by atoms with E-state index in [1.807, 2.05) is 0 Å². The fraction of sp³-hybridized carbons (Fsp3) is 0.231. The molecule has 6 heteroatoms. The summed E-state index contributed by atoms with van der Waals surface area (Å²) in [6.07, 6.45) is 3.16. The first kappa shape index (κ1) is 12.9. The Hall–Kier alpha value is -2.50. The molecule has 1 amide bonds. The van der Waals surface area contributed by atoms with Gasteiger partial charge in [0.1, 0.15) is 6.04 Å². The van der Waals surface area contributed by atoms with Crippen LogP contribution < -0.4 is 10.9 Å². The maximum absolute atomic E-state index is 12.0.